The van der Waals surface area contributed by atoms with Gasteiger partial charge in [0, 0.05) is 6.04 Å². The lowest BCUT2D eigenvalue weighted by Crippen LogP contribution is -2.37. The van der Waals surface area contributed by atoms with Gasteiger partial charge in [-0.2, -0.15) is 0 Å². The van der Waals surface area contributed by atoms with Gasteiger partial charge in [-0.3, -0.25) is 4.79 Å². The van der Waals surface area contributed by atoms with Gasteiger partial charge in [0.2, 0.25) is 0 Å². The van der Waals surface area contributed by atoms with E-state index < -0.39 is 11.7 Å². The summed E-state index contributed by atoms with van der Waals surface area (Å²) in [4.78, 5) is 29.6. The van der Waals surface area contributed by atoms with Crippen molar-refractivity contribution in [2.45, 2.75) is 52.2 Å². The number of alkyl carbamates (subject to hydrolysis) is 1. The third-order valence-corrected chi connectivity index (χ3v) is 3.26. The first-order chi connectivity index (χ1) is 9.19. The molecule has 0 saturated heterocycles. The van der Waals surface area contributed by atoms with E-state index in [-0.39, 0.29) is 11.6 Å². The second kappa shape index (κ2) is 6.88. The summed E-state index contributed by atoms with van der Waals surface area (Å²) in [7, 11) is 0. The van der Waals surface area contributed by atoms with E-state index in [4.69, 9.17) is 4.74 Å². The molecule has 0 spiro atoms. The highest BCUT2D eigenvalue weighted by atomic mass is 79.9. The number of ether oxygens (including phenoxy) is 1. The minimum absolute atomic E-state index is 0.0714. The Morgan fingerprint density at radius 2 is 2.20 bits per heavy atom. The smallest absolute Gasteiger partial charge is 0.407 e. The van der Waals surface area contributed by atoms with E-state index in [9.17, 15) is 9.59 Å². The number of hydrogen-bond donors (Lipinski definition) is 2. The highest BCUT2D eigenvalue weighted by Crippen LogP contribution is 2.11. The van der Waals surface area contributed by atoms with Gasteiger partial charge in [-0.05, 0) is 56.5 Å². The molecule has 6 nitrogen and oxygen atoms in total. The van der Waals surface area contributed by atoms with Crippen molar-refractivity contribution in [2.75, 3.05) is 0 Å². The highest BCUT2D eigenvalue weighted by Gasteiger charge is 2.18. The topological polar surface area (TPSA) is 84.1 Å². The number of aromatic nitrogens is 2. The van der Waals surface area contributed by atoms with Gasteiger partial charge in [0.1, 0.15) is 10.1 Å². The van der Waals surface area contributed by atoms with Gasteiger partial charge in [0.15, 0.2) is 0 Å². The van der Waals surface area contributed by atoms with Crippen LogP contribution in [0.3, 0.4) is 0 Å². The molecule has 1 rings (SSSR count). The summed E-state index contributed by atoms with van der Waals surface area (Å²) >= 11 is 3.20. The molecule has 0 aliphatic carbocycles. The van der Waals surface area contributed by atoms with Crippen molar-refractivity contribution in [3.05, 3.63) is 26.8 Å². The van der Waals surface area contributed by atoms with Gasteiger partial charge in [0.05, 0.1) is 12.0 Å². The normalized spacial score (nSPS) is 12.8. The lowest BCUT2D eigenvalue weighted by Gasteiger charge is -2.21. The van der Waals surface area contributed by atoms with Crippen LogP contribution in [0.2, 0.25) is 0 Å². The number of rotatable bonds is 4. The van der Waals surface area contributed by atoms with Crippen LogP contribution in [0.5, 0.6) is 0 Å². The minimum atomic E-state index is -0.513. The molecule has 7 heteroatoms. The van der Waals surface area contributed by atoms with Crippen molar-refractivity contribution in [1.29, 1.82) is 0 Å². The molecule has 20 heavy (non-hydrogen) atoms. The number of hydrogen-bond acceptors (Lipinski definition) is 4. The Morgan fingerprint density at radius 3 is 2.80 bits per heavy atom. The zero-order valence-corrected chi connectivity index (χ0v) is 13.7. The fraction of sp³-hybridized carbons (Fsp3) is 0.615. The average molecular weight is 346 g/mol. The summed E-state index contributed by atoms with van der Waals surface area (Å²) in [6.07, 6.45) is 2.17. The van der Waals surface area contributed by atoms with Crippen molar-refractivity contribution in [2.24, 2.45) is 0 Å². The Bertz CT molecular complexity index is 522. The molecule has 0 aliphatic rings. The zero-order valence-electron chi connectivity index (χ0n) is 12.1. The van der Waals surface area contributed by atoms with Gasteiger partial charge in [-0.15, -0.1) is 0 Å². The maximum Gasteiger partial charge on any atom is 0.407 e. The van der Waals surface area contributed by atoms with Gasteiger partial charge in [-0.25, -0.2) is 9.78 Å². The van der Waals surface area contributed by atoms with E-state index in [2.05, 4.69) is 31.2 Å². The molecule has 0 aliphatic heterocycles. The fourth-order valence-electron chi connectivity index (χ4n) is 1.53. The summed E-state index contributed by atoms with van der Waals surface area (Å²) in [5.41, 5.74) is -0.0458. The minimum Gasteiger partial charge on any atom is -0.444 e. The van der Waals surface area contributed by atoms with Gasteiger partial charge in [-0.1, -0.05) is 0 Å². The van der Waals surface area contributed by atoms with E-state index in [1.165, 1.54) is 6.33 Å². The van der Waals surface area contributed by atoms with Crippen LogP contribution in [0.4, 0.5) is 4.79 Å². The van der Waals surface area contributed by atoms with E-state index >= 15 is 0 Å². The number of amides is 1. The molecule has 0 bridgehead atoms. The molecule has 1 aromatic rings. The predicted octanol–water partition coefficient (Wildman–Crippen LogP) is 2.38. The summed E-state index contributed by atoms with van der Waals surface area (Å²) in [6.45, 7) is 7.32. The van der Waals surface area contributed by atoms with Crippen LogP contribution < -0.4 is 10.9 Å². The Kier molecular flexibility index (Phi) is 5.74. The number of nitrogens with one attached hydrogen (secondary N) is 2. The van der Waals surface area contributed by atoms with Crippen LogP contribution >= 0.6 is 15.9 Å². The first-order valence-corrected chi connectivity index (χ1v) is 7.20. The van der Waals surface area contributed by atoms with Crippen LogP contribution in [0.15, 0.2) is 15.6 Å². The first-order valence-electron chi connectivity index (χ1n) is 6.40. The first kappa shape index (κ1) is 16.7. The summed E-state index contributed by atoms with van der Waals surface area (Å²) in [5.74, 6) is 0. The molecule has 2 N–H and O–H groups in total. The Hall–Kier alpha value is -1.37. The van der Waals surface area contributed by atoms with Crippen molar-refractivity contribution in [3.8, 4) is 0 Å². The Morgan fingerprint density at radius 1 is 1.55 bits per heavy atom. The molecule has 1 heterocycles. The van der Waals surface area contributed by atoms with Crippen molar-refractivity contribution in [3.63, 3.8) is 0 Å². The SMILES string of the molecule is C[C@H](CCc1nc[nH]c(=O)c1Br)NC(=O)OC(C)(C)C. The van der Waals surface area contributed by atoms with Crippen LogP contribution in [0.1, 0.15) is 39.8 Å². The largest absolute Gasteiger partial charge is 0.444 e. The van der Waals surface area contributed by atoms with Gasteiger partial charge < -0.3 is 15.0 Å². The third kappa shape index (κ3) is 5.73. The molecule has 0 saturated carbocycles. The second-order valence-electron chi connectivity index (χ2n) is 5.58. The molecule has 1 aromatic heterocycles. The highest BCUT2D eigenvalue weighted by molar-refractivity contribution is 9.10. The van der Waals surface area contributed by atoms with E-state index in [0.29, 0.717) is 23.0 Å². The lowest BCUT2D eigenvalue weighted by molar-refractivity contribution is 0.0506. The number of H-pyrrole nitrogens is 1. The molecule has 0 radical (unpaired) electrons. The van der Waals surface area contributed by atoms with E-state index in [1.807, 2.05) is 27.7 Å². The standard InChI is InChI=1S/C13H20BrN3O3/c1-8(17-12(19)20-13(2,3)4)5-6-9-10(14)11(18)16-7-15-9/h7-8H,5-6H2,1-4H3,(H,17,19)(H,15,16,18)/t8-/m1/s1. The molecular weight excluding hydrogens is 326 g/mol. The third-order valence-electron chi connectivity index (χ3n) is 2.45. The summed E-state index contributed by atoms with van der Waals surface area (Å²) < 4.78 is 5.61. The number of aromatic amines is 1. The number of carbonyl (C=O) groups excluding carboxylic acids is 1. The molecule has 1 atom stereocenters. The van der Waals surface area contributed by atoms with Crippen LogP contribution in [0.25, 0.3) is 0 Å². The zero-order chi connectivity index (χ0) is 15.3. The fourth-order valence-corrected chi connectivity index (χ4v) is 1.94. The van der Waals surface area contributed by atoms with Gasteiger partial charge >= 0.3 is 6.09 Å². The summed E-state index contributed by atoms with van der Waals surface area (Å²) in [6, 6.07) is -0.0714. The summed E-state index contributed by atoms with van der Waals surface area (Å²) in [5, 5.41) is 2.75. The Labute approximate surface area is 126 Å². The van der Waals surface area contributed by atoms with Crippen LogP contribution in [-0.4, -0.2) is 27.7 Å². The maximum absolute atomic E-state index is 11.6. The number of aryl methyl sites for hydroxylation is 1. The average Bonchev–Trinajstić information content (AvgIpc) is 2.28. The van der Waals surface area contributed by atoms with Crippen molar-refractivity contribution in [1.82, 2.24) is 15.3 Å². The second-order valence-corrected chi connectivity index (χ2v) is 6.37. The molecule has 0 unspecified atom stereocenters. The van der Waals surface area contributed by atoms with E-state index in [1.54, 1.807) is 0 Å². The molecular formula is C13H20BrN3O3. The molecule has 0 aromatic carbocycles. The monoisotopic (exact) mass is 345 g/mol. The molecule has 1 amide bonds. The lowest BCUT2D eigenvalue weighted by atomic mass is 10.1. The van der Waals surface area contributed by atoms with Crippen molar-refractivity contribution >= 4 is 22.0 Å². The molecule has 112 valence electrons. The number of halogens is 1. The Balaban J connectivity index is 2.48. The van der Waals surface area contributed by atoms with Crippen molar-refractivity contribution < 1.29 is 9.53 Å². The number of nitrogens with zero attached hydrogens (tertiary/aromatic N) is 1. The van der Waals surface area contributed by atoms with E-state index in [0.717, 1.165) is 0 Å². The maximum atomic E-state index is 11.6. The number of carbonyl (C=O) groups is 1. The predicted molar refractivity (Wildman–Crippen MR) is 79.7 cm³/mol. The molecule has 0 fully saturated rings. The van der Waals surface area contributed by atoms with Crippen LogP contribution in [0, 0.1) is 0 Å². The van der Waals surface area contributed by atoms with Crippen LogP contribution in [-0.2, 0) is 11.2 Å². The van der Waals surface area contributed by atoms with Gasteiger partial charge in [0.25, 0.3) is 5.56 Å². The quantitative estimate of drug-likeness (QED) is 0.877.